The number of rotatable bonds is 18. The molecular weight excluding hydrogens is 295 g/mol. The molecule has 0 atom stereocenters. The second kappa shape index (κ2) is 22.9. The molecule has 0 aliphatic rings. The van der Waals surface area contributed by atoms with E-state index in [1.807, 2.05) is 0 Å². The van der Waals surface area contributed by atoms with E-state index in [1.54, 1.807) is 0 Å². The van der Waals surface area contributed by atoms with Gasteiger partial charge in [0.15, 0.2) is 6.29 Å². The minimum atomic E-state index is -1.10. The van der Waals surface area contributed by atoms with Crippen LogP contribution in [0.4, 0.5) is 0 Å². The summed E-state index contributed by atoms with van der Waals surface area (Å²) in [5, 5.41) is 17.5. The summed E-state index contributed by atoms with van der Waals surface area (Å²) in [7, 11) is 0. The molecule has 0 aromatic rings. The predicted octanol–water partition coefficient (Wildman–Crippen LogP) is 5.96. The molecule has 0 heterocycles. The molecule has 0 aromatic carbocycles. The molecule has 0 amide bonds. The van der Waals surface area contributed by atoms with Crippen molar-refractivity contribution < 1.29 is 10.2 Å². The summed E-state index contributed by atoms with van der Waals surface area (Å²) < 4.78 is 0. The molecule has 0 aliphatic carbocycles. The first-order valence-electron chi connectivity index (χ1n) is 10.1. The van der Waals surface area contributed by atoms with E-state index in [-0.39, 0.29) is 29.6 Å². The van der Waals surface area contributed by atoms with Gasteiger partial charge in [0.05, 0.1) is 0 Å². The first-order valence-corrected chi connectivity index (χ1v) is 10.1. The van der Waals surface area contributed by atoms with Crippen LogP contribution in [-0.4, -0.2) is 46.1 Å². The van der Waals surface area contributed by atoms with Gasteiger partial charge in [-0.25, -0.2) is 0 Å². The zero-order valence-electron chi connectivity index (χ0n) is 16.2. The van der Waals surface area contributed by atoms with Crippen LogP contribution >= 0.6 is 0 Å². The Bertz CT molecular complexity index is 198. The maximum absolute atomic E-state index is 8.73. The molecule has 0 fully saturated rings. The molecular formula is C20H42NaO2. The van der Waals surface area contributed by atoms with Gasteiger partial charge in [-0.05, 0) is 12.8 Å². The number of hydrogen-bond acceptors (Lipinski definition) is 2. The van der Waals surface area contributed by atoms with Crippen molar-refractivity contribution >= 4 is 29.6 Å². The molecule has 0 unspecified atom stereocenters. The van der Waals surface area contributed by atoms with Crippen LogP contribution in [0, 0.1) is 0 Å². The van der Waals surface area contributed by atoms with E-state index in [4.69, 9.17) is 10.2 Å². The minimum Gasteiger partial charge on any atom is -0.368 e. The Labute approximate surface area is 168 Å². The number of aliphatic hydroxyl groups excluding tert-OH is 1. The van der Waals surface area contributed by atoms with E-state index >= 15 is 0 Å². The Hall–Kier alpha value is 0.920. The Morgan fingerprint density at radius 1 is 0.478 bits per heavy atom. The van der Waals surface area contributed by atoms with Crippen molar-refractivity contribution in [2.75, 3.05) is 0 Å². The van der Waals surface area contributed by atoms with Gasteiger partial charge in [-0.3, -0.25) is 0 Å². The fourth-order valence-electron chi connectivity index (χ4n) is 3.05. The molecule has 1 radical (unpaired) electrons. The maximum Gasteiger partial charge on any atom is 0.151 e. The number of unbranched alkanes of at least 4 members (excludes halogenated alkanes) is 16. The fraction of sp³-hybridized carbons (Fsp3) is 1.00. The summed E-state index contributed by atoms with van der Waals surface area (Å²) >= 11 is 0. The van der Waals surface area contributed by atoms with Gasteiger partial charge in [-0.15, -0.1) is 0 Å². The second-order valence-corrected chi connectivity index (χ2v) is 6.93. The average molecular weight is 338 g/mol. The molecule has 0 saturated carbocycles. The third-order valence-corrected chi connectivity index (χ3v) is 4.57. The third kappa shape index (κ3) is 25.3. The molecule has 2 N–H and O–H groups in total. The van der Waals surface area contributed by atoms with Crippen LogP contribution in [0.5, 0.6) is 0 Å². The third-order valence-electron chi connectivity index (χ3n) is 4.57. The molecule has 0 bridgehead atoms. The SMILES string of the molecule is CCCCCCCCCCCCCCCCCCCC(O)O.[Na]. The summed E-state index contributed by atoms with van der Waals surface area (Å²) in [6, 6.07) is 0. The average Bonchev–Trinajstić information content (AvgIpc) is 2.50. The van der Waals surface area contributed by atoms with Crippen molar-refractivity contribution in [2.24, 2.45) is 0 Å². The summed E-state index contributed by atoms with van der Waals surface area (Å²) in [5.74, 6) is 0. The normalized spacial score (nSPS) is 11.0. The van der Waals surface area contributed by atoms with Crippen LogP contribution < -0.4 is 0 Å². The van der Waals surface area contributed by atoms with Gasteiger partial charge in [0.25, 0.3) is 0 Å². The molecule has 0 aromatic heterocycles. The first-order chi connectivity index (χ1) is 10.8. The number of aliphatic hydroxyl groups is 2. The largest absolute Gasteiger partial charge is 0.368 e. The zero-order chi connectivity index (χ0) is 16.3. The molecule has 0 spiro atoms. The molecule has 135 valence electrons. The smallest absolute Gasteiger partial charge is 0.151 e. The minimum absolute atomic E-state index is 0. The van der Waals surface area contributed by atoms with Crippen LogP contribution in [0.15, 0.2) is 0 Å². The van der Waals surface area contributed by atoms with E-state index < -0.39 is 6.29 Å². The molecule has 3 heteroatoms. The van der Waals surface area contributed by atoms with E-state index in [1.165, 1.54) is 96.3 Å². The van der Waals surface area contributed by atoms with Gasteiger partial charge in [-0.2, -0.15) is 0 Å². The summed E-state index contributed by atoms with van der Waals surface area (Å²) in [4.78, 5) is 0. The Morgan fingerprint density at radius 2 is 0.739 bits per heavy atom. The standard InChI is InChI=1S/C20H42O2.Na/c1-2-3-4-5-6-7-8-9-10-11-12-13-14-15-16-17-18-19-20(21)22;/h20-22H,2-19H2,1H3;. The predicted molar refractivity (Wildman–Crippen MR) is 103 cm³/mol. The Morgan fingerprint density at radius 3 is 1.00 bits per heavy atom. The molecule has 0 saturated heterocycles. The fourth-order valence-corrected chi connectivity index (χ4v) is 3.05. The van der Waals surface area contributed by atoms with E-state index in [0.717, 1.165) is 12.8 Å². The summed E-state index contributed by atoms with van der Waals surface area (Å²) in [5.41, 5.74) is 0. The van der Waals surface area contributed by atoms with Crippen molar-refractivity contribution in [2.45, 2.75) is 129 Å². The monoisotopic (exact) mass is 337 g/mol. The van der Waals surface area contributed by atoms with Crippen LogP contribution in [0.2, 0.25) is 0 Å². The van der Waals surface area contributed by atoms with Gasteiger partial charge in [0, 0.05) is 29.6 Å². The maximum atomic E-state index is 8.73. The van der Waals surface area contributed by atoms with Crippen molar-refractivity contribution in [1.29, 1.82) is 0 Å². The van der Waals surface area contributed by atoms with Crippen LogP contribution in [0.25, 0.3) is 0 Å². The van der Waals surface area contributed by atoms with E-state index in [9.17, 15) is 0 Å². The Kier molecular flexibility index (Phi) is 26.1. The number of hydrogen-bond donors (Lipinski definition) is 2. The molecule has 2 nitrogen and oxygen atoms in total. The van der Waals surface area contributed by atoms with Crippen molar-refractivity contribution in [3.05, 3.63) is 0 Å². The quantitative estimate of drug-likeness (QED) is 0.184. The second-order valence-electron chi connectivity index (χ2n) is 6.93. The van der Waals surface area contributed by atoms with Gasteiger partial charge in [0.2, 0.25) is 0 Å². The zero-order valence-corrected chi connectivity index (χ0v) is 18.2. The summed E-state index contributed by atoms with van der Waals surface area (Å²) in [6.45, 7) is 2.28. The van der Waals surface area contributed by atoms with Gasteiger partial charge < -0.3 is 10.2 Å². The van der Waals surface area contributed by atoms with Crippen LogP contribution in [0.3, 0.4) is 0 Å². The van der Waals surface area contributed by atoms with Crippen LogP contribution in [-0.2, 0) is 0 Å². The first kappa shape index (κ1) is 26.2. The van der Waals surface area contributed by atoms with Crippen molar-refractivity contribution in [1.82, 2.24) is 0 Å². The van der Waals surface area contributed by atoms with Crippen molar-refractivity contribution in [3.8, 4) is 0 Å². The summed E-state index contributed by atoms with van der Waals surface area (Å²) in [6.07, 6.45) is 22.6. The van der Waals surface area contributed by atoms with E-state index in [0.29, 0.717) is 6.42 Å². The molecule has 0 rings (SSSR count). The van der Waals surface area contributed by atoms with Gasteiger partial charge in [-0.1, -0.05) is 110 Å². The van der Waals surface area contributed by atoms with Crippen molar-refractivity contribution in [3.63, 3.8) is 0 Å². The molecule has 0 aliphatic heterocycles. The molecule has 23 heavy (non-hydrogen) atoms. The van der Waals surface area contributed by atoms with Gasteiger partial charge >= 0.3 is 0 Å². The van der Waals surface area contributed by atoms with Crippen LogP contribution in [0.1, 0.15) is 122 Å². The topological polar surface area (TPSA) is 40.5 Å². The Balaban J connectivity index is 0. The van der Waals surface area contributed by atoms with E-state index in [2.05, 4.69) is 6.92 Å². The van der Waals surface area contributed by atoms with Gasteiger partial charge in [0.1, 0.15) is 0 Å².